The molecule has 1 saturated carbocycles. The number of nitrogens with zero attached hydrogens (tertiary/aromatic N) is 1. The summed E-state index contributed by atoms with van der Waals surface area (Å²) in [5, 5.41) is 3.79. The lowest BCUT2D eigenvalue weighted by atomic mass is 9.98. The molecule has 1 aromatic heterocycles. The van der Waals surface area contributed by atoms with Gasteiger partial charge in [-0.3, -0.25) is 4.79 Å². The van der Waals surface area contributed by atoms with E-state index in [1.165, 1.54) is 6.20 Å². The topological polar surface area (TPSA) is 66.2 Å². The monoisotopic (exact) mass is 335 g/mol. The molecule has 0 amide bonds. The predicted molar refractivity (Wildman–Crippen MR) is 87.9 cm³/mol. The maximum Gasteiger partial charge on any atom is 0.198 e. The van der Waals surface area contributed by atoms with Gasteiger partial charge in [0.1, 0.15) is 5.75 Å². The van der Waals surface area contributed by atoms with E-state index in [1.54, 1.807) is 18.0 Å². The molecule has 1 aromatic carbocycles. The van der Waals surface area contributed by atoms with E-state index in [-0.39, 0.29) is 5.78 Å². The summed E-state index contributed by atoms with van der Waals surface area (Å²) in [6.45, 7) is 0. The van der Waals surface area contributed by atoms with Gasteiger partial charge in [-0.05, 0) is 37.3 Å². The average Bonchev–Trinajstić information content (AvgIpc) is 3.23. The maximum atomic E-state index is 12.9. The maximum absolute atomic E-state index is 12.9. The lowest BCUT2D eigenvalue weighted by Gasteiger charge is -2.11. The van der Waals surface area contributed by atoms with E-state index in [9.17, 15) is 9.35 Å². The molecule has 116 valence electrons. The van der Waals surface area contributed by atoms with Crippen LogP contribution < -0.4 is 0 Å². The molecule has 1 fully saturated rings. The smallest absolute Gasteiger partial charge is 0.198 e. The van der Waals surface area contributed by atoms with Crippen LogP contribution in [0, 0.1) is 0 Å². The van der Waals surface area contributed by atoms with Crippen LogP contribution in [0.3, 0.4) is 0 Å². The minimum atomic E-state index is -1.00. The zero-order valence-electron chi connectivity index (χ0n) is 12.5. The fraction of sp³-hybridized carbons (Fsp3) is 0.375. The lowest BCUT2D eigenvalue weighted by molar-refractivity contribution is 0.103. The summed E-state index contributed by atoms with van der Waals surface area (Å²) in [7, 11) is 0. The van der Waals surface area contributed by atoms with Crippen molar-refractivity contribution >= 4 is 28.7 Å². The third-order valence-corrected chi connectivity index (χ3v) is 5.15. The highest BCUT2D eigenvalue weighted by atomic mass is 32.2. The van der Waals surface area contributed by atoms with Gasteiger partial charge in [-0.2, -0.15) is 0 Å². The number of carbonyl (C=O) groups is 1. The first-order valence-electron chi connectivity index (χ1n) is 7.06. The number of thioether (sulfide) groups is 1. The molecule has 0 N–H and O–H groups in total. The third-order valence-electron chi connectivity index (χ3n) is 3.71. The molecule has 1 aliphatic carbocycles. The predicted octanol–water partition coefficient (Wildman–Crippen LogP) is 3.38. The van der Waals surface area contributed by atoms with Gasteiger partial charge in [0.05, 0.1) is 18.0 Å². The summed E-state index contributed by atoms with van der Waals surface area (Å²) in [6.07, 6.45) is 7.23. The van der Waals surface area contributed by atoms with Gasteiger partial charge >= 0.3 is 0 Å². The van der Waals surface area contributed by atoms with Gasteiger partial charge in [-0.1, -0.05) is 16.3 Å². The molecule has 1 atom stereocenters. The second-order valence-corrected chi connectivity index (χ2v) is 7.76. The Hall–Kier alpha value is -1.24. The van der Waals surface area contributed by atoms with Gasteiger partial charge in [0, 0.05) is 21.9 Å². The Labute approximate surface area is 136 Å². The molecule has 0 bridgehead atoms. The van der Waals surface area contributed by atoms with Crippen molar-refractivity contribution in [2.75, 3.05) is 12.5 Å². The second kappa shape index (κ2) is 6.48. The standard InChI is InChI=1S/C16H17NO3S2/c1-21-12-5-6-13(11(7-12)9-22(2)19)15(18)14-8-17-20-16(14)10-3-4-10/h5-8,10H,3-4,9H2,1-2H3. The number of carbonyl (C=O) groups excluding carboxylic acids is 1. The third kappa shape index (κ3) is 3.24. The van der Waals surface area contributed by atoms with Crippen LogP contribution in [-0.4, -0.2) is 28.0 Å². The molecule has 4 nitrogen and oxygen atoms in total. The second-order valence-electron chi connectivity index (χ2n) is 5.45. The minimum Gasteiger partial charge on any atom is -0.616 e. The van der Waals surface area contributed by atoms with Crippen molar-refractivity contribution in [2.45, 2.75) is 29.4 Å². The van der Waals surface area contributed by atoms with E-state index in [4.69, 9.17) is 4.52 Å². The van der Waals surface area contributed by atoms with Gasteiger partial charge in [0.15, 0.2) is 11.5 Å². The van der Waals surface area contributed by atoms with Crippen LogP contribution in [0.4, 0.5) is 0 Å². The summed E-state index contributed by atoms with van der Waals surface area (Å²) in [5.74, 6) is 1.31. The van der Waals surface area contributed by atoms with Crippen molar-refractivity contribution in [1.82, 2.24) is 5.16 Å². The molecule has 2 aromatic rings. The summed E-state index contributed by atoms with van der Waals surface area (Å²) in [6, 6.07) is 5.69. The van der Waals surface area contributed by atoms with Crippen molar-refractivity contribution in [1.29, 1.82) is 0 Å². The Morgan fingerprint density at radius 1 is 1.45 bits per heavy atom. The Kier molecular flexibility index (Phi) is 4.61. The Morgan fingerprint density at radius 2 is 2.23 bits per heavy atom. The Balaban J connectivity index is 1.98. The molecule has 3 rings (SSSR count). The van der Waals surface area contributed by atoms with Gasteiger partial charge < -0.3 is 9.08 Å². The van der Waals surface area contributed by atoms with E-state index in [1.807, 2.05) is 24.5 Å². The van der Waals surface area contributed by atoms with E-state index in [0.717, 1.165) is 23.3 Å². The van der Waals surface area contributed by atoms with Gasteiger partial charge in [0.25, 0.3) is 0 Å². The molecule has 0 aliphatic heterocycles. The van der Waals surface area contributed by atoms with E-state index < -0.39 is 11.2 Å². The number of ketones is 1. The van der Waals surface area contributed by atoms with Crippen molar-refractivity contribution in [3.8, 4) is 0 Å². The van der Waals surface area contributed by atoms with Crippen LogP contribution in [0.2, 0.25) is 0 Å². The first-order valence-corrected chi connectivity index (χ1v) is 10.0. The summed E-state index contributed by atoms with van der Waals surface area (Å²) in [5.41, 5.74) is 1.96. The molecule has 1 aliphatic rings. The van der Waals surface area contributed by atoms with Crippen LogP contribution >= 0.6 is 11.8 Å². The Morgan fingerprint density at radius 3 is 2.86 bits per heavy atom. The average molecular weight is 335 g/mol. The van der Waals surface area contributed by atoms with E-state index >= 15 is 0 Å². The van der Waals surface area contributed by atoms with Crippen molar-refractivity contribution in [3.63, 3.8) is 0 Å². The zero-order valence-corrected chi connectivity index (χ0v) is 14.1. The van der Waals surface area contributed by atoms with Crippen LogP contribution in [0.25, 0.3) is 0 Å². The normalized spacial score (nSPS) is 15.8. The fourth-order valence-electron chi connectivity index (χ4n) is 2.46. The van der Waals surface area contributed by atoms with Crippen LogP contribution in [0.1, 0.15) is 46.0 Å². The highest BCUT2D eigenvalue weighted by Crippen LogP contribution is 2.42. The van der Waals surface area contributed by atoms with Crippen molar-refractivity contribution < 1.29 is 13.9 Å². The molecule has 1 unspecified atom stereocenters. The molecule has 22 heavy (non-hydrogen) atoms. The number of benzene rings is 1. The van der Waals surface area contributed by atoms with Crippen LogP contribution in [0.5, 0.6) is 0 Å². The van der Waals surface area contributed by atoms with Crippen molar-refractivity contribution in [3.05, 3.63) is 46.8 Å². The highest BCUT2D eigenvalue weighted by Gasteiger charge is 2.33. The molecular formula is C16H17NO3S2. The van der Waals surface area contributed by atoms with Gasteiger partial charge in [-0.25, -0.2) is 0 Å². The first kappa shape index (κ1) is 15.6. The summed E-state index contributed by atoms with van der Waals surface area (Å²) in [4.78, 5) is 13.9. The minimum absolute atomic E-state index is 0.0868. The van der Waals surface area contributed by atoms with Gasteiger partial charge in [0.2, 0.25) is 0 Å². The largest absolute Gasteiger partial charge is 0.616 e. The number of rotatable bonds is 6. The number of hydrogen-bond acceptors (Lipinski definition) is 5. The molecule has 1 heterocycles. The highest BCUT2D eigenvalue weighted by molar-refractivity contribution is 7.98. The molecule has 0 spiro atoms. The Bertz CT molecular complexity index is 692. The SMILES string of the molecule is CSc1ccc(C(=O)c2cnoc2C2CC2)c(C[S+](C)[O-])c1. The summed E-state index contributed by atoms with van der Waals surface area (Å²) >= 11 is 0.602. The lowest BCUT2D eigenvalue weighted by Crippen LogP contribution is -2.10. The van der Waals surface area contributed by atoms with E-state index in [2.05, 4.69) is 5.16 Å². The molecule has 6 heteroatoms. The van der Waals surface area contributed by atoms with Gasteiger partial charge in [-0.15, -0.1) is 11.8 Å². The van der Waals surface area contributed by atoms with Crippen LogP contribution in [-0.2, 0) is 16.9 Å². The van der Waals surface area contributed by atoms with E-state index in [0.29, 0.717) is 28.6 Å². The van der Waals surface area contributed by atoms with Crippen LogP contribution in [0.15, 0.2) is 33.8 Å². The zero-order chi connectivity index (χ0) is 15.7. The first-order chi connectivity index (χ1) is 10.6. The molecule has 0 saturated heterocycles. The molecular weight excluding hydrogens is 318 g/mol. The number of aromatic nitrogens is 1. The van der Waals surface area contributed by atoms with Crippen molar-refractivity contribution in [2.24, 2.45) is 0 Å². The fourth-order valence-corrected chi connectivity index (χ4v) is 3.60. The number of hydrogen-bond donors (Lipinski definition) is 0. The quantitative estimate of drug-likeness (QED) is 0.460. The molecule has 0 radical (unpaired) electrons. The summed E-state index contributed by atoms with van der Waals surface area (Å²) < 4.78 is 16.9.